The van der Waals surface area contributed by atoms with Gasteiger partial charge in [0.15, 0.2) is 0 Å². The van der Waals surface area contributed by atoms with Gasteiger partial charge in [-0.05, 0) is 0 Å². The van der Waals surface area contributed by atoms with E-state index in [1.54, 1.807) is 0 Å². The molecule has 6 heteroatoms. The lowest BCUT2D eigenvalue weighted by Crippen LogP contribution is -2.62. The summed E-state index contributed by atoms with van der Waals surface area (Å²) in [6.45, 7) is -0.750. The highest BCUT2D eigenvalue weighted by molar-refractivity contribution is 4.93. The Bertz CT molecular complexity index is 183. The molecule has 84 valence electrons. The van der Waals surface area contributed by atoms with Crippen LogP contribution in [0.4, 0.5) is 4.39 Å². The van der Waals surface area contributed by atoms with Crippen LogP contribution in [0.2, 0.25) is 0 Å². The van der Waals surface area contributed by atoms with E-state index in [0.29, 0.717) is 0 Å². The Labute approximate surface area is 81.4 Å². The fourth-order valence-electron chi connectivity index (χ4n) is 1.73. The third-order valence-corrected chi connectivity index (χ3v) is 2.57. The first-order valence-electron chi connectivity index (χ1n) is 4.57. The number of β-amino-alcohol motifs (C(OH)–C–C–N with tert-alkyl or cyclic N) is 2. The molecule has 1 heterocycles. The number of halogens is 1. The maximum Gasteiger partial charge on any atom is 0.109 e. The number of hydrogen-bond donors (Lipinski definition) is 4. The standard InChI is InChI=1S/C8H16FNO4/c9-3-5-7(13)8(14)6(12)4-10(5)1-2-11/h5-8,11-14H,1-4H2/t5-,6+,7-,8-/m1/s1. The topological polar surface area (TPSA) is 84.2 Å². The fraction of sp³-hybridized carbons (Fsp3) is 1.00. The molecule has 0 unspecified atom stereocenters. The molecule has 0 aromatic carbocycles. The fourth-order valence-corrected chi connectivity index (χ4v) is 1.73. The SMILES string of the molecule is OCCN1C[C@H](O)[C@@H](O)[C@H](O)[C@H]1CF. The highest BCUT2D eigenvalue weighted by atomic mass is 19.1. The van der Waals surface area contributed by atoms with Crippen molar-refractivity contribution in [1.82, 2.24) is 4.90 Å². The summed E-state index contributed by atoms with van der Waals surface area (Å²) in [4.78, 5) is 1.43. The number of aliphatic hydroxyl groups excluding tert-OH is 4. The summed E-state index contributed by atoms with van der Waals surface area (Å²) in [7, 11) is 0. The quantitative estimate of drug-likeness (QED) is 0.421. The lowest BCUT2D eigenvalue weighted by Gasteiger charge is -2.42. The van der Waals surface area contributed by atoms with Gasteiger partial charge in [-0.2, -0.15) is 0 Å². The average molecular weight is 209 g/mol. The Hall–Kier alpha value is -0.270. The summed E-state index contributed by atoms with van der Waals surface area (Å²) in [6.07, 6.45) is -3.72. The summed E-state index contributed by atoms with van der Waals surface area (Å²) in [6, 6.07) is -0.847. The van der Waals surface area contributed by atoms with Crippen LogP contribution in [-0.2, 0) is 0 Å². The molecule has 0 aromatic heterocycles. The average Bonchev–Trinajstić information content (AvgIpc) is 2.16. The summed E-state index contributed by atoms with van der Waals surface area (Å²) in [5.74, 6) is 0. The van der Waals surface area contributed by atoms with Gasteiger partial charge in [-0.1, -0.05) is 0 Å². The minimum atomic E-state index is -1.31. The summed E-state index contributed by atoms with van der Waals surface area (Å²) in [5.41, 5.74) is 0. The maximum absolute atomic E-state index is 12.5. The molecule has 1 aliphatic heterocycles. The highest BCUT2D eigenvalue weighted by Crippen LogP contribution is 2.18. The molecule has 4 atom stereocenters. The molecule has 0 aromatic rings. The predicted molar refractivity (Wildman–Crippen MR) is 46.4 cm³/mol. The first-order chi connectivity index (χ1) is 6.61. The highest BCUT2D eigenvalue weighted by Gasteiger charge is 2.40. The molecular weight excluding hydrogens is 193 g/mol. The van der Waals surface area contributed by atoms with Gasteiger partial charge in [-0.25, -0.2) is 4.39 Å². The largest absolute Gasteiger partial charge is 0.395 e. The van der Waals surface area contributed by atoms with Crippen LogP contribution in [0, 0.1) is 0 Å². The van der Waals surface area contributed by atoms with Crippen LogP contribution in [0.25, 0.3) is 0 Å². The number of nitrogens with zero attached hydrogens (tertiary/aromatic N) is 1. The molecule has 0 spiro atoms. The van der Waals surface area contributed by atoms with Crippen molar-refractivity contribution in [1.29, 1.82) is 0 Å². The summed E-state index contributed by atoms with van der Waals surface area (Å²) < 4.78 is 12.5. The van der Waals surface area contributed by atoms with Crippen LogP contribution in [0.15, 0.2) is 0 Å². The van der Waals surface area contributed by atoms with E-state index >= 15 is 0 Å². The van der Waals surface area contributed by atoms with Crippen molar-refractivity contribution >= 4 is 0 Å². The molecule has 0 radical (unpaired) electrons. The molecule has 1 rings (SSSR count). The number of likely N-dealkylation sites (tertiary alicyclic amines) is 1. The van der Waals surface area contributed by atoms with E-state index in [2.05, 4.69) is 0 Å². The predicted octanol–water partition coefficient (Wildman–Crippen LogP) is -2.28. The number of hydrogen-bond acceptors (Lipinski definition) is 5. The van der Waals surface area contributed by atoms with Crippen LogP contribution in [0.3, 0.4) is 0 Å². The molecule has 0 saturated carbocycles. The van der Waals surface area contributed by atoms with Crippen molar-refractivity contribution in [3.8, 4) is 0 Å². The van der Waals surface area contributed by atoms with E-state index in [-0.39, 0.29) is 19.7 Å². The van der Waals surface area contributed by atoms with Gasteiger partial charge in [0.1, 0.15) is 18.9 Å². The maximum atomic E-state index is 12.5. The number of aliphatic hydroxyl groups is 4. The van der Waals surface area contributed by atoms with E-state index in [9.17, 15) is 19.7 Å². The molecule has 5 nitrogen and oxygen atoms in total. The zero-order chi connectivity index (χ0) is 10.7. The lowest BCUT2D eigenvalue weighted by atomic mass is 9.94. The van der Waals surface area contributed by atoms with Crippen molar-refractivity contribution in [3.05, 3.63) is 0 Å². The molecule has 1 aliphatic rings. The number of alkyl halides is 1. The third kappa shape index (κ3) is 2.21. The smallest absolute Gasteiger partial charge is 0.109 e. The van der Waals surface area contributed by atoms with Crippen molar-refractivity contribution in [2.45, 2.75) is 24.4 Å². The van der Waals surface area contributed by atoms with Gasteiger partial charge >= 0.3 is 0 Å². The Morgan fingerprint density at radius 2 is 1.86 bits per heavy atom. The zero-order valence-electron chi connectivity index (χ0n) is 7.75. The molecule has 1 saturated heterocycles. The van der Waals surface area contributed by atoms with Crippen molar-refractivity contribution in [3.63, 3.8) is 0 Å². The third-order valence-electron chi connectivity index (χ3n) is 2.57. The molecule has 1 fully saturated rings. The van der Waals surface area contributed by atoms with E-state index < -0.39 is 31.0 Å². The second-order valence-electron chi connectivity index (χ2n) is 3.49. The molecule has 4 N–H and O–H groups in total. The van der Waals surface area contributed by atoms with Crippen LogP contribution in [0.1, 0.15) is 0 Å². The van der Waals surface area contributed by atoms with Gasteiger partial charge in [-0.3, -0.25) is 4.90 Å². The Morgan fingerprint density at radius 1 is 1.21 bits per heavy atom. The van der Waals surface area contributed by atoms with E-state index in [4.69, 9.17) is 5.11 Å². The molecule has 0 bridgehead atoms. The number of piperidine rings is 1. The monoisotopic (exact) mass is 209 g/mol. The molecular formula is C8H16FNO4. The van der Waals surface area contributed by atoms with Crippen LogP contribution in [-0.4, -0.2) is 76.1 Å². The normalized spacial score (nSPS) is 40.1. The van der Waals surface area contributed by atoms with Gasteiger partial charge in [-0.15, -0.1) is 0 Å². The Kier molecular flexibility index (Phi) is 4.21. The van der Waals surface area contributed by atoms with Crippen LogP contribution < -0.4 is 0 Å². The van der Waals surface area contributed by atoms with Crippen LogP contribution in [0.5, 0.6) is 0 Å². The Morgan fingerprint density at radius 3 is 2.36 bits per heavy atom. The van der Waals surface area contributed by atoms with Crippen LogP contribution >= 0.6 is 0 Å². The van der Waals surface area contributed by atoms with E-state index in [1.807, 2.05) is 0 Å². The molecule has 0 amide bonds. The molecule has 14 heavy (non-hydrogen) atoms. The van der Waals surface area contributed by atoms with Gasteiger partial charge in [0.25, 0.3) is 0 Å². The minimum absolute atomic E-state index is 0.0629. The summed E-state index contributed by atoms with van der Waals surface area (Å²) in [5, 5.41) is 36.7. The van der Waals surface area contributed by atoms with Gasteiger partial charge < -0.3 is 20.4 Å². The lowest BCUT2D eigenvalue weighted by molar-refractivity contribution is -0.141. The zero-order valence-corrected chi connectivity index (χ0v) is 7.75. The van der Waals surface area contributed by atoms with E-state index in [0.717, 1.165) is 0 Å². The Balaban J connectivity index is 2.66. The summed E-state index contributed by atoms with van der Waals surface area (Å²) >= 11 is 0. The number of rotatable bonds is 3. The van der Waals surface area contributed by atoms with Crippen molar-refractivity contribution in [2.75, 3.05) is 26.4 Å². The van der Waals surface area contributed by atoms with Gasteiger partial charge in [0.2, 0.25) is 0 Å². The van der Waals surface area contributed by atoms with Gasteiger partial charge in [0, 0.05) is 13.1 Å². The first kappa shape index (κ1) is 11.8. The first-order valence-corrected chi connectivity index (χ1v) is 4.57. The second kappa shape index (κ2) is 4.99. The van der Waals surface area contributed by atoms with E-state index in [1.165, 1.54) is 4.90 Å². The second-order valence-corrected chi connectivity index (χ2v) is 3.49. The van der Waals surface area contributed by atoms with Crippen molar-refractivity contribution in [2.24, 2.45) is 0 Å². The minimum Gasteiger partial charge on any atom is -0.395 e. The van der Waals surface area contributed by atoms with Crippen molar-refractivity contribution < 1.29 is 24.8 Å². The van der Waals surface area contributed by atoms with Gasteiger partial charge in [0.05, 0.1) is 18.8 Å². The molecule has 0 aliphatic carbocycles.